The standard InChI is InChI=1S/C21H16Cl2N4O/c1-13-18-19(23)16(21(28)25-11-14-7-5-6-10-17(14)22)12-24-20(18)27(26-13)15-8-3-2-4-9-15/h2-10,12H,11H2,1H3,(H,25,28). The average Bonchev–Trinajstić information content (AvgIpc) is 3.05. The third-order valence-electron chi connectivity index (χ3n) is 4.45. The molecular formula is C21H16Cl2N4O. The molecular weight excluding hydrogens is 395 g/mol. The average molecular weight is 411 g/mol. The Hall–Kier alpha value is -2.89. The Labute approximate surface area is 171 Å². The van der Waals surface area contributed by atoms with Gasteiger partial charge in [0.25, 0.3) is 5.91 Å². The summed E-state index contributed by atoms with van der Waals surface area (Å²) in [5.41, 5.74) is 3.32. The molecule has 0 bridgehead atoms. The zero-order valence-corrected chi connectivity index (χ0v) is 16.5. The fourth-order valence-corrected chi connectivity index (χ4v) is 3.59. The first-order valence-corrected chi connectivity index (χ1v) is 9.42. The first-order valence-electron chi connectivity index (χ1n) is 8.67. The van der Waals surface area contributed by atoms with Gasteiger partial charge in [-0.1, -0.05) is 59.6 Å². The van der Waals surface area contributed by atoms with E-state index in [9.17, 15) is 4.79 Å². The Balaban J connectivity index is 1.67. The minimum atomic E-state index is -0.314. The minimum absolute atomic E-state index is 0.301. The van der Waals surface area contributed by atoms with Gasteiger partial charge in [0.2, 0.25) is 0 Å². The molecule has 0 fully saturated rings. The molecule has 0 atom stereocenters. The molecule has 4 aromatic rings. The summed E-state index contributed by atoms with van der Waals surface area (Å²) >= 11 is 12.7. The summed E-state index contributed by atoms with van der Waals surface area (Å²) < 4.78 is 1.72. The van der Waals surface area contributed by atoms with Crippen molar-refractivity contribution in [2.24, 2.45) is 0 Å². The maximum Gasteiger partial charge on any atom is 0.254 e. The highest BCUT2D eigenvalue weighted by atomic mass is 35.5. The molecule has 0 unspecified atom stereocenters. The van der Waals surface area contributed by atoms with Crippen molar-refractivity contribution in [1.82, 2.24) is 20.1 Å². The van der Waals surface area contributed by atoms with Crippen LogP contribution in [0.1, 0.15) is 21.6 Å². The fraction of sp³-hybridized carbons (Fsp3) is 0.0952. The summed E-state index contributed by atoms with van der Waals surface area (Å²) in [6.45, 7) is 2.15. The largest absolute Gasteiger partial charge is 0.348 e. The summed E-state index contributed by atoms with van der Waals surface area (Å²) in [6, 6.07) is 17.0. The van der Waals surface area contributed by atoms with Crippen LogP contribution >= 0.6 is 23.2 Å². The lowest BCUT2D eigenvalue weighted by Crippen LogP contribution is -2.23. The van der Waals surface area contributed by atoms with E-state index in [-0.39, 0.29) is 5.91 Å². The van der Waals surface area contributed by atoms with Crippen molar-refractivity contribution < 1.29 is 4.79 Å². The van der Waals surface area contributed by atoms with E-state index < -0.39 is 0 Å². The number of benzene rings is 2. The Bertz CT molecular complexity index is 1170. The van der Waals surface area contributed by atoms with E-state index in [4.69, 9.17) is 23.2 Å². The minimum Gasteiger partial charge on any atom is -0.348 e. The van der Waals surface area contributed by atoms with E-state index in [1.807, 2.05) is 55.5 Å². The second kappa shape index (κ2) is 7.62. The van der Waals surface area contributed by atoms with Gasteiger partial charge in [-0.3, -0.25) is 4.79 Å². The van der Waals surface area contributed by atoms with E-state index in [0.29, 0.717) is 38.9 Å². The normalized spacial score (nSPS) is 11.0. The van der Waals surface area contributed by atoms with Crippen LogP contribution in [0, 0.1) is 6.92 Å². The number of pyridine rings is 1. The zero-order valence-electron chi connectivity index (χ0n) is 15.0. The van der Waals surface area contributed by atoms with E-state index in [1.165, 1.54) is 6.20 Å². The van der Waals surface area contributed by atoms with Crippen LogP contribution in [0.15, 0.2) is 60.8 Å². The topological polar surface area (TPSA) is 59.8 Å². The number of aryl methyl sites for hydroxylation is 1. The third kappa shape index (κ3) is 3.35. The van der Waals surface area contributed by atoms with Crippen LogP contribution in [-0.4, -0.2) is 20.7 Å². The molecule has 1 N–H and O–H groups in total. The van der Waals surface area contributed by atoms with Crippen LogP contribution in [0.25, 0.3) is 16.7 Å². The first kappa shape index (κ1) is 18.5. The maximum atomic E-state index is 12.7. The first-order chi connectivity index (χ1) is 13.6. The summed E-state index contributed by atoms with van der Waals surface area (Å²) in [5, 5.41) is 8.99. The van der Waals surface area contributed by atoms with Gasteiger partial charge in [0.05, 0.1) is 27.4 Å². The van der Waals surface area contributed by atoms with Crippen LogP contribution in [-0.2, 0) is 6.54 Å². The summed E-state index contributed by atoms with van der Waals surface area (Å²) in [6.07, 6.45) is 1.48. The molecule has 2 aromatic carbocycles. The molecule has 0 aliphatic carbocycles. The summed E-state index contributed by atoms with van der Waals surface area (Å²) in [5.74, 6) is -0.314. The number of carbonyl (C=O) groups is 1. The molecule has 0 saturated carbocycles. The van der Waals surface area contributed by atoms with E-state index >= 15 is 0 Å². The van der Waals surface area contributed by atoms with Crippen molar-refractivity contribution in [1.29, 1.82) is 0 Å². The van der Waals surface area contributed by atoms with Crippen LogP contribution in [0.2, 0.25) is 10.0 Å². The number of fused-ring (bicyclic) bond motifs is 1. The molecule has 0 spiro atoms. The number of nitrogens with one attached hydrogen (secondary N) is 1. The van der Waals surface area contributed by atoms with Gasteiger partial charge in [0, 0.05) is 17.8 Å². The van der Waals surface area contributed by atoms with Gasteiger partial charge in [0.15, 0.2) is 5.65 Å². The van der Waals surface area contributed by atoms with Gasteiger partial charge in [-0.2, -0.15) is 5.10 Å². The maximum absolute atomic E-state index is 12.7. The van der Waals surface area contributed by atoms with Crippen LogP contribution in [0.4, 0.5) is 0 Å². The molecule has 7 heteroatoms. The molecule has 0 saturated heterocycles. The van der Waals surface area contributed by atoms with Crippen molar-refractivity contribution in [3.8, 4) is 5.69 Å². The van der Waals surface area contributed by atoms with Crippen molar-refractivity contribution in [3.05, 3.63) is 87.7 Å². The number of para-hydroxylation sites is 1. The third-order valence-corrected chi connectivity index (χ3v) is 5.21. The van der Waals surface area contributed by atoms with Crippen molar-refractivity contribution >= 4 is 40.1 Å². The van der Waals surface area contributed by atoms with Gasteiger partial charge >= 0.3 is 0 Å². The van der Waals surface area contributed by atoms with Crippen LogP contribution < -0.4 is 5.32 Å². The van der Waals surface area contributed by atoms with Gasteiger partial charge in [0.1, 0.15) is 0 Å². The number of amides is 1. The number of hydrogen-bond acceptors (Lipinski definition) is 3. The zero-order chi connectivity index (χ0) is 19.7. The molecule has 0 radical (unpaired) electrons. The Morgan fingerprint density at radius 1 is 1.07 bits per heavy atom. The monoisotopic (exact) mass is 410 g/mol. The van der Waals surface area contributed by atoms with Crippen LogP contribution in [0.3, 0.4) is 0 Å². The molecule has 2 aromatic heterocycles. The number of rotatable bonds is 4. The molecule has 0 aliphatic heterocycles. The second-order valence-electron chi connectivity index (χ2n) is 6.29. The lowest BCUT2D eigenvalue weighted by Gasteiger charge is -2.09. The predicted octanol–water partition coefficient (Wildman–Crippen LogP) is 4.97. The Morgan fingerprint density at radius 2 is 1.79 bits per heavy atom. The molecule has 2 heterocycles. The highest BCUT2D eigenvalue weighted by Gasteiger charge is 2.20. The van der Waals surface area contributed by atoms with Gasteiger partial charge < -0.3 is 5.32 Å². The Kier molecular flexibility index (Phi) is 5.03. The van der Waals surface area contributed by atoms with E-state index in [0.717, 1.165) is 11.3 Å². The number of carbonyl (C=O) groups excluding carboxylic acids is 1. The lowest BCUT2D eigenvalue weighted by atomic mass is 10.1. The Morgan fingerprint density at radius 3 is 2.54 bits per heavy atom. The van der Waals surface area contributed by atoms with Crippen molar-refractivity contribution in [3.63, 3.8) is 0 Å². The summed E-state index contributed by atoms with van der Waals surface area (Å²) in [4.78, 5) is 17.1. The smallest absolute Gasteiger partial charge is 0.254 e. The fourth-order valence-electron chi connectivity index (χ4n) is 3.03. The molecule has 4 rings (SSSR count). The van der Waals surface area contributed by atoms with Gasteiger partial charge in [-0.15, -0.1) is 0 Å². The number of halogens is 2. The van der Waals surface area contributed by atoms with E-state index in [2.05, 4.69) is 15.4 Å². The second-order valence-corrected chi connectivity index (χ2v) is 7.08. The van der Waals surface area contributed by atoms with Crippen LogP contribution in [0.5, 0.6) is 0 Å². The number of nitrogens with zero attached hydrogens (tertiary/aromatic N) is 3. The van der Waals surface area contributed by atoms with E-state index in [1.54, 1.807) is 10.7 Å². The predicted molar refractivity (Wildman–Crippen MR) is 111 cm³/mol. The van der Waals surface area contributed by atoms with Crippen molar-refractivity contribution in [2.75, 3.05) is 0 Å². The van der Waals surface area contributed by atoms with Crippen molar-refractivity contribution in [2.45, 2.75) is 13.5 Å². The molecule has 1 amide bonds. The van der Waals surface area contributed by atoms with Gasteiger partial charge in [-0.05, 0) is 30.7 Å². The molecule has 0 aliphatic rings. The lowest BCUT2D eigenvalue weighted by molar-refractivity contribution is 0.0951. The molecule has 5 nitrogen and oxygen atoms in total. The number of hydrogen-bond donors (Lipinski definition) is 1. The molecule has 140 valence electrons. The highest BCUT2D eigenvalue weighted by Crippen LogP contribution is 2.30. The molecule has 28 heavy (non-hydrogen) atoms. The van der Waals surface area contributed by atoms with Gasteiger partial charge in [-0.25, -0.2) is 9.67 Å². The quantitative estimate of drug-likeness (QED) is 0.516. The number of aromatic nitrogens is 3. The SMILES string of the molecule is Cc1nn(-c2ccccc2)c2ncc(C(=O)NCc3ccccc3Cl)c(Cl)c12. The summed E-state index contributed by atoms with van der Waals surface area (Å²) in [7, 11) is 0. The highest BCUT2D eigenvalue weighted by molar-refractivity contribution is 6.38.